The third-order valence-electron chi connectivity index (χ3n) is 8.89. The Hall–Kier alpha value is -2.28. The molecule has 0 fully saturated rings. The van der Waals surface area contributed by atoms with Gasteiger partial charge in [-0.2, -0.15) is 0 Å². The van der Waals surface area contributed by atoms with Crippen molar-refractivity contribution in [1.82, 2.24) is 10.6 Å². The SMILES string of the molecule is CCCCCCCC/C=C/CCCCCCCC(=O)NC(=O)CCC(N)C(=O)NC(=O)CCCCCCC/C=C/CCCCCCCC. The Morgan fingerprint density at radius 2 is 0.750 bits per heavy atom. The van der Waals surface area contributed by atoms with Crippen LogP contribution in [0.2, 0.25) is 0 Å². The van der Waals surface area contributed by atoms with E-state index in [1.54, 1.807) is 0 Å². The van der Waals surface area contributed by atoms with Crippen LogP contribution >= 0.6 is 0 Å². The third-order valence-corrected chi connectivity index (χ3v) is 8.89. The van der Waals surface area contributed by atoms with Crippen LogP contribution in [0.3, 0.4) is 0 Å². The van der Waals surface area contributed by atoms with E-state index >= 15 is 0 Å². The van der Waals surface area contributed by atoms with Crippen molar-refractivity contribution in [3.63, 3.8) is 0 Å². The zero-order valence-electron chi connectivity index (χ0n) is 31.3. The number of carbonyl (C=O) groups is 4. The Morgan fingerprint density at radius 1 is 0.438 bits per heavy atom. The minimum Gasteiger partial charge on any atom is -0.320 e. The molecule has 0 bridgehead atoms. The molecule has 0 aliphatic carbocycles. The molecule has 4 amide bonds. The molecule has 0 aromatic heterocycles. The Kier molecular flexibility index (Phi) is 34.3. The van der Waals surface area contributed by atoms with Crippen molar-refractivity contribution in [1.29, 1.82) is 0 Å². The lowest BCUT2D eigenvalue weighted by Crippen LogP contribution is -2.44. The van der Waals surface area contributed by atoms with Gasteiger partial charge < -0.3 is 5.73 Å². The Bertz CT molecular complexity index is 855. The van der Waals surface area contributed by atoms with E-state index in [1.807, 2.05) is 0 Å². The smallest absolute Gasteiger partial charge is 0.243 e. The standard InChI is InChI=1S/C41H75N3O4/c1-3-5-7-9-11-13-15-17-19-21-23-25-27-29-31-33-38(45)43-40(47)36-35-37(42)41(48)44-39(46)34-32-30-28-26-24-22-20-18-16-14-12-10-8-6-4-2/h17-20,37H,3-16,21-36,42H2,1-2H3,(H,43,45,47)(H,44,46,48)/b19-17+,20-18+. The van der Waals surface area contributed by atoms with Crippen LogP contribution in [0.5, 0.6) is 0 Å². The summed E-state index contributed by atoms with van der Waals surface area (Å²) in [6.45, 7) is 4.50. The molecule has 278 valence electrons. The number of amides is 4. The summed E-state index contributed by atoms with van der Waals surface area (Å²) >= 11 is 0. The fourth-order valence-corrected chi connectivity index (χ4v) is 5.70. The summed E-state index contributed by atoms with van der Waals surface area (Å²) in [5.74, 6) is -1.62. The van der Waals surface area contributed by atoms with Gasteiger partial charge in [-0.25, -0.2) is 0 Å². The molecule has 1 unspecified atom stereocenters. The summed E-state index contributed by atoms with van der Waals surface area (Å²) in [5.41, 5.74) is 5.89. The normalized spacial score (nSPS) is 12.1. The molecule has 48 heavy (non-hydrogen) atoms. The minimum atomic E-state index is -0.964. The van der Waals surface area contributed by atoms with E-state index < -0.39 is 17.9 Å². The van der Waals surface area contributed by atoms with Crippen LogP contribution in [-0.4, -0.2) is 29.7 Å². The number of rotatable bonds is 34. The predicted molar refractivity (Wildman–Crippen MR) is 202 cm³/mol. The average molecular weight is 674 g/mol. The third kappa shape index (κ3) is 33.6. The number of carbonyl (C=O) groups excluding carboxylic acids is 4. The van der Waals surface area contributed by atoms with E-state index in [-0.39, 0.29) is 24.7 Å². The number of nitrogens with two attached hydrogens (primary N) is 1. The highest BCUT2D eigenvalue weighted by Gasteiger charge is 2.18. The fourth-order valence-electron chi connectivity index (χ4n) is 5.70. The Balaban J connectivity index is 3.67. The zero-order chi connectivity index (χ0) is 35.3. The first-order chi connectivity index (χ1) is 23.4. The molecule has 0 radical (unpaired) electrons. The number of nitrogens with one attached hydrogen (secondary N) is 2. The van der Waals surface area contributed by atoms with Gasteiger partial charge in [-0.1, -0.05) is 141 Å². The molecule has 0 saturated heterocycles. The van der Waals surface area contributed by atoms with Crippen molar-refractivity contribution in [2.75, 3.05) is 0 Å². The molecule has 0 aromatic carbocycles. The molecular weight excluding hydrogens is 598 g/mol. The van der Waals surface area contributed by atoms with Crippen molar-refractivity contribution >= 4 is 23.6 Å². The lowest BCUT2D eigenvalue weighted by Gasteiger charge is -2.11. The van der Waals surface area contributed by atoms with Crippen LogP contribution in [0.1, 0.15) is 206 Å². The molecule has 0 aliphatic rings. The zero-order valence-corrected chi connectivity index (χ0v) is 31.3. The first-order valence-electron chi connectivity index (χ1n) is 20.1. The van der Waals surface area contributed by atoms with Crippen LogP contribution in [0.15, 0.2) is 24.3 Å². The quantitative estimate of drug-likeness (QED) is 0.0464. The highest BCUT2D eigenvalue weighted by atomic mass is 16.2. The van der Waals surface area contributed by atoms with Gasteiger partial charge in [0.05, 0.1) is 6.04 Å². The van der Waals surface area contributed by atoms with Crippen molar-refractivity contribution in [3.05, 3.63) is 24.3 Å². The second-order valence-corrected chi connectivity index (χ2v) is 13.7. The topological polar surface area (TPSA) is 118 Å². The maximum absolute atomic E-state index is 12.3. The fraction of sp³-hybridized carbons (Fsp3) is 0.805. The van der Waals surface area contributed by atoms with Crippen LogP contribution in [-0.2, 0) is 19.2 Å². The van der Waals surface area contributed by atoms with Gasteiger partial charge in [0.1, 0.15) is 0 Å². The molecule has 0 aromatic rings. The second-order valence-electron chi connectivity index (χ2n) is 13.7. The molecule has 0 spiro atoms. The molecule has 0 rings (SSSR count). The monoisotopic (exact) mass is 674 g/mol. The molecule has 0 aliphatic heterocycles. The van der Waals surface area contributed by atoms with Crippen molar-refractivity contribution in [2.24, 2.45) is 5.73 Å². The summed E-state index contributed by atoms with van der Waals surface area (Å²) in [4.78, 5) is 48.6. The van der Waals surface area contributed by atoms with Gasteiger partial charge in [0.2, 0.25) is 23.6 Å². The minimum absolute atomic E-state index is 0.0326. The van der Waals surface area contributed by atoms with Gasteiger partial charge in [-0.3, -0.25) is 29.8 Å². The van der Waals surface area contributed by atoms with E-state index in [0.29, 0.717) is 12.8 Å². The Morgan fingerprint density at radius 3 is 1.15 bits per heavy atom. The van der Waals surface area contributed by atoms with Gasteiger partial charge in [0.25, 0.3) is 0 Å². The first-order valence-corrected chi connectivity index (χ1v) is 20.1. The van der Waals surface area contributed by atoms with Gasteiger partial charge in [-0.15, -0.1) is 0 Å². The maximum atomic E-state index is 12.3. The summed E-state index contributed by atoms with van der Waals surface area (Å²) in [6.07, 6.45) is 40.8. The largest absolute Gasteiger partial charge is 0.320 e. The number of imide groups is 2. The van der Waals surface area contributed by atoms with Crippen molar-refractivity contribution < 1.29 is 19.2 Å². The lowest BCUT2D eigenvalue weighted by atomic mass is 10.1. The van der Waals surface area contributed by atoms with Crippen LogP contribution in [0.4, 0.5) is 0 Å². The van der Waals surface area contributed by atoms with Crippen LogP contribution in [0, 0.1) is 0 Å². The van der Waals surface area contributed by atoms with Crippen LogP contribution < -0.4 is 16.4 Å². The first kappa shape index (κ1) is 45.7. The van der Waals surface area contributed by atoms with Gasteiger partial charge in [0.15, 0.2) is 0 Å². The predicted octanol–water partition coefficient (Wildman–Crippen LogP) is 10.5. The molecule has 1 atom stereocenters. The number of hydrogen-bond acceptors (Lipinski definition) is 5. The summed E-state index contributed by atoms with van der Waals surface area (Å²) < 4.78 is 0. The van der Waals surface area contributed by atoms with Gasteiger partial charge >= 0.3 is 0 Å². The number of allylic oxidation sites excluding steroid dienone is 4. The van der Waals surface area contributed by atoms with E-state index in [2.05, 4.69) is 48.8 Å². The van der Waals surface area contributed by atoms with E-state index in [1.165, 1.54) is 103 Å². The number of unbranched alkanes of at least 4 members (excludes halogenated alkanes) is 22. The molecule has 7 nitrogen and oxygen atoms in total. The molecule has 4 N–H and O–H groups in total. The molecular formula is C41H75N3O4. The highest BCUT2D eigenvalue weighted by molar-refractivity contribution is 5.98. The second kappa shape index (κ2) is 36.0. The average Bonchev–Trinajstić information content (AvgIpc) is 3.07. The van der Waals surface area contributed by atoms with Gasteiger partial charge in [-0.05, 0) is 70.6 Å². The summed E-state index contributed by atoms with van der Waals surface area (Å²) in [7, 11) is 0. The highest BCUT2D eigenvalue weighted by Crippen LogP contribution is 2.12. The molecule has 7 heteroatoms. The molecule has 0 heterocycles. The lowest BCUT2D eigenvalue weighted by molar-refractivity contribution is -0.131. The Labute approximate surface area is 295 Å². The number of hydrogen-bond donors (Lipinski definition) is 3. The van der Waals surface area contributed by atoms with Gasteiger partial charge in [0, 0.05) is 19.3 Å². The van der Waals surface area contributed by atoms with E-state index in [9.17, 15) is 19.2 Å². The maximum Gasteiger partial charge on any atom is 0.243 e. The van der Waals surface area contributed by atoms with Crippen LogP contribution in [0.25, 0.3) is 0 Å². The van der Waals surface area contributed by atoms with E-state index in [4.69, 9.17) is 5.73 Å². The summed E-state index contributed by atoms with van der Waals surface area (Å²) in [6, 6.07) is -0.964. The van der Waals surface area contributed by atoms with Crippen molar-refractivity contribution in [2.45, 2.75) is 213 Å². The summed E-state index contributed by atoms with van der Waals surface area (Å²) in [5, 5.41) is 4.74. The van der Waals surface area contributed by atoms with E-state index in [0.717, 1.165) is 64.2 Å². The van der Waals surface area contributed by atoms with Crippen molar-refractivity contribution in [3.8, 4) is 0 Å². The molecule has 0 saturated carbocycles.